The average molecular weight is 262 g/mol. The van der Waals surface area contributed by atoms with E-state index in [0.29, 0.717) is 0 Å². The van der Waals surface area contributed by atoms with Crippen molar-refractivity contribution in [3.63, 3.8) is 0 Å². The molecule has 2 aromatic carbocycles. The third-order valence-electron chi connectivity index (χ3n) is 3.35. The molecule has 2 aromatic rings. The van der Waals surface area contributed by atoms with Gasteiger partial charge in [0.25, 0.3) is 0 Å². The maximum atomic E-state index is 5.67. The highest BCUT2D eigenvalue weighted by molar-refractivity contribution is 5.65. The van der Waals surface area contributed by atoms with Gasteiger partial charge in [0, 0.05) is 5.92 Å². The highest BCUT2D eigenvalue weighted by Gasteiger charge is 2.10. The molecule has 0 fully saturated rings. The van der Waals surface area contributed by atoms with Crippen LogP contribution in [-0.4, -0.2) is 7.11 Å². The lowest BCUT2D eigenvalue weighted by atomic mass is 9.90. The minimum atomic E-state index is 0.0609. The van der Waals surface area contributed by atoms with Crippen molar-refractivity contribution < 1.29 is 4.74 Å². The van der Waals surface area contributed by atoms with E-state index in [-0.39, 0.29) is 5.92 Å². The largest absolute Gasteiger partial charge is 0.497 e. The first-order chi connectivity index (χ1) is 9.74. The van der Waals surface area contributed by atoms with Gasteiger partial charge in [-0.2, -0.15) is 0 Å². The second-order valence-corrected chi connectivity index (χ2v) is 4.67. The van der Waals surface area contributed by atoms with Crippen LogP contribution >= 0.6 is 0 Å². The first-order valence-electron chi connectivity index (χ1n) is 6.58. The fourth-order valence-corrected chi connectivity index (χ4v) is 2.15. The van der Waals surface area contributed by atoms with E-state index in [1.54, 1.807) is 7.11 Å². The van der Waals surface area contributed by atoms with Crippen molar-refractivity contribution in [1.29, 1.82) is 0 Å². The Morgan fingerprint density at radius 1 is 1.15 bits per heavy atom. The standard InChI is InChI=1S/C19H18O/c1-4-16(18-8-6-5-7-9-18)14-15(2)17-10-12-19(20-3)13-11-17/h1,5-13,16H,2,14H2,3H3. The van der Waals surface area contributed by atoms with Gasteiger partial charge in [-0.25, -0.2) is 0 Å². The number of terminal acetylenes is 1. The Hall–Kier alpha value is -2.46. The third kappa shape index (κ3) is 3.30. The van der Waals surface area contributed by atoms with Crippen LogP contribution in [0.1, 0.15) is 23.5 Å². The molecule has 0 saturated heterocycles. The zero-order valence-electron chi connectivity index (χ0n) is 11.7. The van der Waals surface area contributed by atoms with Crippen LogP contribution in [-0.2, 0) is 0 Å². The molecule has 100 valence electrons. The van der Waals surface area contributed by atoms with Crippen molar-refractivity contribution in [2.24, 2.45) is 0 Å². The van der Waals surface area contributed by atoms with Gasteiger partial charge in [0.05, 0.1) is 7.11 Å². The fraction of sp³-hybridized carbons (Fsp3) is 0.158. The minimum Gasteiger partial charge on any atom is -0.497 e. The van der Waals surface area contributed by atoms with E-state index in [9.17, 15) is 0 Å². The van der Waals surface area contributed by atoms with E-state index in [0.717, 1.165) is 28.9 Å². The van der Waals surface area contributed by atoms with Crippen LogP contribution in [0.15, 0.2) is 61.2 Å². The van der Waals surface area contributed by atoms with E-state index in [1.807, 2.05) is 42.5 Å². The van der Waals surface area contributed by atoms with Gasteiger partial charge in [0.2, 0.25) is 0 Å². The smallest absolute Gasteiger partial charge is 0.118 e. The first kappa shape index (κ1) is 14.0. The third-order valence-corrected chi connectivity index (χ3v) is 3.35. The summed E-state index contributed by atoms with van der Waals surface area (Å²) in [5, 5.41) is 0. The number of hydrogen-bond donors (Lipinski definition) is 0. The lowest BCUT2D eigenvalue weighted by Crippen LogP contribution is -1.97. The molecule has 2 rings (SSSR count). The second kappa shape index (κ2) is 6.63. The zero-order chi connectivity index (χ0) is 14.4. The topological polar surface area (TPSA) is 9.23 Å². The lowest BCUT2D eigenvalue weighted by molar-refractivity contribution is 0.415. The molecule has 0 aliphatic heterocycles. The molecule has 0 radical (unpaired) electrons. The number of rotatable bonds is 5. The Morgan fingerprint density at radius 2 is 1.80 bits per heavy atom. The maximum absolute atomic E-state index is 5.67. The van der Waals surface area contributed by atoms with Crippen molar-refractivity contribution in [2.75, 3.05) is 7.11 Å². The molecule has 0 amide bonds. The monoisotopic (exact) mass is 262 g/mol. The summed E-state index contributed by atoms with van der Waals surface area (Å²) >= 11 is 0. The number of ether oxygens (including phenoxy) is 1. The van der Waals surface area contributed by atoms with Gasteiger partial charge in [-0.1, -0.05) is 55.0 Å². The van der Waals surface area contributed by atoms with Crippen molar-refractivity contribution in [2.45, 2.75) is 12.3 Å². The predicted octanol–water partition coefficient (Wildman–Crippen LogP) is 4.52. The quantitative estimate of drug-likeness (QED) is 0.720. The molecular weight excluding hydrogens is 244 g/mol. The number of benzene rings is 2. The molecule has 20 heavy (non-hydrogen) atoms. The molecule has 0 aliphatic carbocycles. The summed E-state index contributed by atoms with van der Waals surface area (Å²) in [7, 11) is 1.66. The molecule has 1 nitrogen and oxygen atoms in total. The van der Waals surface area contributed by atoms with E-state index in [4.69, 9.17) is 11.2 Å². The molecule has 1 unspecified atom stereocenters. The van der Waals surface area contributed by atoms with Gasteiger partial charge < -0.3 is 4.74 Å². The normalized spacial score (nSPS) is 11.4. The van der Waals surface area contributed by atoms with Crippen molar-refractivity contribution >= 4 is 5.57 Å². The van der Waals surface area contributed by atoms with Gasteiger partial charge in [0.1, 0.15) is 5.75 Å². The zero-order valence-corrected chi connectivity index (χ0v) is 11.7. The van der Waals surface area contributed by atoms with E-state index in [2.05, 4.69) is 24.6 Å². The molecule has 0 bridgehead atoms. The molecule has 0 heterocycles. The van der Waals surface area contributed by atoms with Gasteiger partial charge in [0.15, 0.2) is 0 Å². The molecule has 1 atom stereocenters. The summed E-state index contributed by atoms with van der Waals surface area (Å²) in [6.07, 6.45) is 6.42. The molecule has 0 aliphatic rings. The van der Waals surface area contributed by atoms with E-state index < -0.39 is 0 Å². The average Bonchev–Trinajstić information content (AvgIpc) is 2.53. The Morgan fingerprint density at radius 3 is 2.35 bits per heavy atom. The summed E-state index contributed by atoms with van der Waals surface area (Å²) in [6.45, 7) is 4.16. The summed E-state index contributed by atoms with van der Waals surface area (Å²) < 4.78 is 5.16. The molecule has 0 spiro atoms. The first-order valence-corrected chi connectivity index (χ1v) is 6.58. The van der Waals surface area contributed by atoms with E-state index >= 15 is 0 Å². The number of allylic oxidation sites excluding steroid dienone is 1. The van der Waals surface area contributed by atoms with Crippen LogP contribution < -0.4 is 4.74 Å². The summed E-state index contributed by atoms with van der Waals surface area (Å²) in [6, 6.07) is 18.0. The van der Waals surface area contributed by atoms with Crippen LogP contribution in [0.3, 0.4) is 0 Å². The van der Waals surface area contributed by atoms with Crippen molar-refractivity contribution in [3.8, 4) is 18.1 Å². The Balaban J connectivity index is 2.11. The van der Waals surface area contributed by atoms with Gasteiger partial charge in [-0.05, 0) is 35.3 Å². The number of methoxy groups -OCH3 is 1. The van der Waals surface area contributed by atoms with Gasteiger partial charge in [-0.15, -0.1) is 6.42 Å². The van der Waals surface area contributed by atoms with E-state index in [1.165, 1.54) is 0 Å². The summed E-state index contributed by atoms with van der Waals surface area (Å²) in [5.74, 6) is 3.76. The number of hydrogen-bond acceptors (Lipinski definition) is 1. The van der Waals surface area contributed by atoms with Crippen LogP contribution in [0.5, 0.6) is 5.75 Å². The van der Waals surface area contributed by atoms with Crippen LogP contribution in [0.2, 0.25) is 0 Å². The molecule has 0 N–H and O–H groups in total. The van der Waals surface area contributed by atoms with Crippen molar-refractivity contribution in [3.05, 3.63) is 72.3 Å². The molecular formula is C19H18O. The Bertz CT molecular complexity index is 602. The maximum Gasteiger partial charge on any atom is 0.118 e. The van der Waals surface area contributed by atoms with Crippen molar-refractivity contribution in [1.82, 2.24) is 0 Å². The van der Waals surface area contributed by atoms with Gasteiger partial charge in [-0.3, -0.25) is 0 Å². The highest BCUT2D eigenvalue weighted by atomic mass is 16.5. The molecule has 1 heteroatoms. The Kier molecular flexibility index (Phi) is 4.63. The minimum absolute atomic E-state index is 0.0609. The summed E-state index contributed by atoms with van der Waals surface area (Å²) in [4.78, 5) is 0. The molecule has 0 aromatic heterocycles. The second-order valence-electron chi connectivity index (χ2n) is 4.67. The molecule has 0 saturated carbocycles. The summed E-state index contributed by atoms with van der Waals surface area (Å²) in [5.41, 5.74) is 3.30. The fourth-order valence-electron chi connectivity index (χ4n) is 2.15. The lowest BCUT2D eigenvalue weighted by Gasteiger charge is -2.13. The SMILES string of the molecule is C#CC(CC(=C)c1ccc(OC)cc1)c1ccccc1. The Labute approximate surface area is 120 Å². The van der Waals surface area contributed by atoms with Crippen LogP contribution in [0.4, 0.5) is 0 Å². The van der Waals surface area contributed by atoms with Crippen LogP contribution in [0, 0.1) is 12.3 Å². The van der Waals surface area contributed by atoms with Gasteiger partial charge >= 0.3 is 0 Å². The highest BCUT2D eigenvalue weighted by Crippen LogP contribution is 2.28. The predicted molar refractivity (Wildman–Crippen MR) is 84.7 cm³/mol. The van der Waals surface area contributed by atoms with Crippen LogP contribution in [0.25, 0.3) is 5.57 Å².